The molecular weight excluding hydrogens is 340 g/mol. The SMILES string of the molecule is Cc1ccc(COC(=O)[C@H](C)N=C2NS(=O)(=O)c3ccccc32)cc1. The van der Waals surface area contributed by atoms with Gasteiger partial charge in [-0.25, -0.2) is 13.2 Å². The van der Waals surface area contributed by atoms with Gasteiger partial charge in [0.25, 0.3) is 10.0 Å². The van der Waals surface area contributed by atoms with Crippen LogP contribution in [0.25, 0.3) is 0 Å². The Morgan fingerprint density at radius 1 is 1.16 bits per heavy atom. The van der Waals surface area contributed by atoms with Gasteiger partial charge in [0.1, 0.15) is 18.5 Å². The minimum Gasteiger partial charge on any atom is -0.459 e. The summed E-state index contributed by atoms with van der Waals surface area (Å²) in [5.41, 5.74) is 2.47. The van der Waals surface area contributed by atoms with Crippen molar-refractivity contribution in [3.63, 3.8) is 0 Å². The Morgan fingerprint density at radius 3 is 2.56 bits per heavy atom. The number of nitrogens with one attached hydrogen (secondary N) is 1. The third-order valence-corrected chi connectivity index (χ3v) is 5.23. The quantitative estimate of drug-likeness (QED) is 0.849. The summed E-state index contributed by atoms with van der Waals surface area (Å²) in [4.78, 5) is 16.5. The fraction of sp³-hybridized carbons (Fsp3) is 0.222. The van der Waals surface area contributed by atoms with Crippen LogP contribution >= 0.6 is 0 Å². The van der Waals surface area contributed by atoms with Gasteiger partial charge in [0.2, 0.25) is 0 Å². The van der Waals surface area contributed by atoms with Crippen LogP contribution in [0.1, 0.15) is 23.6 Å². The van der Waals surface area contributed by atoms with Crippen molar-refractivity contribution in [1.29, 1.82) is 0 Å². The highest BCUT2D eigenvalue weighted by Crippen LogP contribution is 2.22. The van der Waals surface area contributed by atoms with Crippen molar-refractivity contribution in [1.82, 2.24) is 4.72 Å². The van der Waals surface area contributed by atoms with E-state index in [4.69, 9.17) is 4.74 Å². The lowest BCUT2D eigenvalue weighted by atomic mass is 10.2. The lowest BCUT2D eigenvalue weighted by Crippen LogP contribution is -2.26. The van der Waals surface area contributed by atoms with E-state index in [2.05, 4.69) is 9.71 Å². The molecule has 0 amide bonds. The number of ether oxygens (including phenoxy) is 1. The van der Waals surface area contributed by atoms with Crippen LogP contribution in [0.2, 0.25) is 0 Å². The first-order valence-corrected chi connectivity index (χ1v) is 9.27. The second-order valence-corrected chi connectivity index (χ2v) is 7.50. The Bertz CT molecular complexity index is 934. The number of hydrogen-bond acceptors (Lipinski definition) is 5. The third-order valence-electron chi connectivity index (χ3n) is 3.83. The first-order valence-electron chi connectivity index (χ1n) is 7.79. The molecule has 0 radical (unpaired) electrons. The van der Waals surface area contributed by atoms with Gasteiger partial charge < -0.3 is 4.74 Å². The number of esters is 1. The fourth-order valence-corrected chi connectivity index (χ4v) is 3.67. The van der Waals surface area contributed by atoms with E-state index in [9.17, 15) is 13.2 Å². The van der Waals surface area contributed by atoms with Crippen LogP contribution in [0.4, 0.5) is 0 Å². The third kappa shape index (κ3) is 3.71. The summed E-state index contributed by atoms with van der Waals surface area (Å²) < 4.78 is 31.7. The highest BCUT2D eigenvalue weighted by molar-refractivity contribution is 7.90. The zero-order valence-electron chi connectivity index (χ0n) is 13.9. The van der Waals surface area contributed by atoms with E-state index < -0.39 is 22.0 Å². The number of carbonyl (C=O) groups excluding carboxylic acids is 1. The summed E-state index contributed by atoms with van der Waals surface area (Å²) in [6, 6.07) is 13.3. The van der Waals surface area contributed by atoms with Gasteiger partial charge in [0, 0.05) is 5.56 Å². The zero-order valence-corrected chi connectivity index (χ0v) is 14.7. The number of carbonyl (C=O) groups is 1. The van der Waals surface area contributed by atoms with Crippen molar-refractivity contribution in [2.24, 2.45) is 4.99 Å². The maximum Gasteiger partial charge on any atom is 0.330 e. The summed E-state index contributed by atoms with van der Waals surface area (Å²) in [7, 11) is -3.62. The molecule has 0 aromatic heterocycles. The van der Waals surface area contributed by atoms with Gasteiger partial charge in [-0.1, -0.05) is 42.0 Å². The summed E-state index contributed by atoms with van der Waals surface area (Å²) in [5.74, 6) is -0.355. The van der Waals surface area contributed by atoms with Crippen LogP contribution in [0.3, 0.4) is 0 Å². The number of hydrogen-bond donors (Lipinski definition) is 1. The molecule has 6 nitrogen and oxygen atoms in total. The van der Waals surface area contributed by atoms with Crippen LogP contribution in [0.5, 0.6) is 0 Å². The normalized spacial score (nSPS) is 17.6. The molecule has 1 atom stereocenters. The van der Waals surface area contributed by atoms with Gasteiger partial charge in [0.15, 0.2) is 0 Å². The fourth-order valence-electron chi connectivity index (χ4n) is 2.44. The molecule has 130 valence electrons. The Kier molecular flexibility index (Phi) is 4.59. The van der Waals surface area contributed by atoms with Gasteiger partial charge in [-0.15, -0.1) is 0 Å². The van der Waals surface area contributed by atoms with Crippen LogP contribution in [0, 0.1) is 6.92 Å². The lowest BCUT2D eigenvalue weighted by molar-refractivity contribution is -0.146. The maximum atomic E-state index is 12.1. The predicted molar refractivity (Wildman–Crippen MR) is 93.7 cm³/mol. The van der Waals surface area contributed by atoms with Gasteiger partial charge in [-0.2, -0.15) is 0 Å². The first kappa shape index (κ1) is 17.2. The number of amidine groups is 1. The molecule has 0 unspecified atom stereocenters. The van der Waals surface area contributed by atoms with Crippen molar-refractivity contribution in [3.05, 3.63) is 65.2 Å². The maximum absolute atomic E-state index is 12.1. The van der Waals surface area contributed by atoms with Crippen molar-refractivity contribution in [3.8, 4) is 0 Å². The Hall–Kier alpha value is -2.67. The molecule has 1 aliphatic heterocycles. The number of aryl methyl sites for hydroxylation is 1. The van der Waals surface area contributed by atoms with E-state index in [1.54, 1.807) is 25.1 Å². The number of aliphatic imine (C=N–C) groups is 1. The molecular formula is C18H18N2O4S. The second kappa shape index (κ2) is 6.68. The molecule has 1 heterocycles. The molecule has 25 heavy (non-hydrogen) atoms. The minimum atomic E-state index is -3.62. The molecule has 0 saturated heterocycles. The average Bonchev–Trinajstić information content (AvgIpc) is 2.85. The standard InChI is InChI=1S/C18H18N2O4S/c1-12-7-9-14(10-8-12)11-24-18(21)13(2)19-17-15-5-3-4-6-16(15)25(22,23)20-17/h3-10,13H,11H2,1-2H3,(H,19,20)/t13-/m0/s1. The first-order chi connectivity index (χ1) is 11.9. The van der Waals surface area contributed by atoms with Crippen LogP contribution < -0.4 is 4.72 Å². The summed E-state index contributed by atoms with van der Waals surface area (Å²) in [5, 5.41) is 0. The molecule has 0 spiro atoms. The van der Waals surface area contributed by atoms with Crippen LogP contribution in [-0.4, -0.2) is 26.3 Å². The molecule has 1 N–H and O–H groups in total. The number of sulfonamides is 1. The molecule has 0 fully saturated rings. The molecule has 7 heteroatoms. The van der Waals surface area contributed by atoms with Crippen LogP contribution in [0.15, 0.2) is 58.4 Å². The smallest absolute Gasteiger partial charge is 0.330 e. The number of fused-ring (bicyclic) bond motifs is 1. The van der Waals surface area contributed by atoms with E-state index in [-0.39, 0.29) is 17.3 Å². The Morgan fingerprint density at radius 2 is 1.84 bits per heavy atom. The van der Waals surface area contributed by atoms with E-state index in [1.807, 2.05) is 31.2 Å². The Labute approximate surface area is 146 Å². The molecule has 3 rings (SSSR count). The zero-order chi connectivity index (χ0) is 18.0. The highest BCUT2D eigenvalue weighted by Gasteiger charge is 2.31. The van der Waals surface area contributed by atoms with Crippen molar-refractivity contribution < 1.29 is 17.9 Å². The topological polar surface area (TPSA) is 84.8 Å². The second-order valence-electron chi connectivity index (χ2n) is 5.85. The number of benzene rings is 2. The van der Waals surface area contributed by atoms with Gasteiger partial charge >= 0.3 is 5.97 Å². The molecule has 1 aliphatic rings. The van der Waals surface area contributed by atoms with Crippen molar-refractivity contribution in [2.75, 3.05) is 0 Å². The lowest BCUT2D eigenvalue weighted by Gasteiger charge is -2.09. The minimum absolute atomic E-state index is 0.149. The van der Waals surface area contributed by atoms with E-state index in [0.717, 1.165) is 11.1 Å². The van der Waals surface area contributed by atoms with E-state index >= 15 is 0 Å². The Balaban J connectivity index is 1.71. The molecule has 0 saturated carbocycles. The average molecular weight is 358 g/mol. The molecule has 2 aromatic carbocycles. The van der Waals surface area contributed by atoms with E-state index in [1.165, 1.54) is 6.07 Å². The van der Waals surface area contributed by atoms with Crippen LogP contribution in [-0.2, 0) is 26.2 Å². The van der Waals surface area contributed by atoms with E-state index in [0.29, 0.717) is 5.56 Å². The van der Waals surface area contributed by atoms with Crippen molar-refractivity contribution >= 4 is 21.8 Å². The van der Waals surface area contributed by atoms with Gasteiger partial charge in [-0.05, 0) is 31.5 Å². The molecule has 0 aliphatic carbocycles. The monoisotopic (exact) mass is 358 g/mol. The predicted octanol–water partition coefficient (Wildman–Crippen LogP) is 2.17. The largest absolute Gasteiger partial charge is 0.459 e. The number of nitrogens with zero attached hydrogens (tertiary/aromatic N) is 1. The van der Waals surface area contributed by atoms with Gasteiger partial charge in [0.05, 0.1) is 4.90 Å². The number of rotatable bonds is 4. The van der Waals surface area contributed by atoms with Crippen molar-refractivity contribution in [2.45, 2.75) is 31.4 Å². The summed E-state index contributed by atoms with van der Waals surface area (Å²) in [6.45, 7) is 3.70. The molecule has 0 bridgehead atoms. The summed E-state index contributed by atoms with van der Waals surface area (Å²) in [6.07, 6.45) is 0. The summed E-state index contributed by atoms with van der Waals surface area (Å²) >= 11 is 0. The van der Waals surface area contributed by atoms with Gasteiger partial charge in [-0.3, -0.25) is 9.71 Å². The molecule has 2 aromatic rings. The highest BCUT2D eigenvalue weighted by atomic mass is 32.2.